The van der Waals surface area contributed by atoms with Gasteiger partial charge in [-0.2, -0.15) is 0 Å². The lowest BCUT2D eigenvalue weighted by atomic mass is 10.1. The average Bonchev–Trinajstić information content (AvgIpc) is 3.28. The van der Waals surface area contributed by atoms with Crippen molar-refractivity contribution in [3.63, 3.8) is 0 Å². The quantitative estimate of drug-likeness (QED) is 0.742. The molecule has 0 bridgehead atoms. The molecule has 1 unspecified atom stereocenters. The first-order valence-corrected chi connectivity index (χ1v) is 8.01. The van der Waals surface area contributed by atoms with Crippen molar-refractivity contribution in [2.45, 2.75) is 25.4 Å². The van der Waals surface area contributed by atoms with Gasteiger partial charge in [-0.1, -0.05) is 12.1 Å². The van der Waals surface area contributed by atoms with Crippen LogP contribution in [-0.2, 0) is 11.3 Å². The molecule has 6 heteroatoms. The molecule has 0 radical (unpaired) electrons. The maximum Gasteiger partial charge on any atom is 0.261 e. The van der Waals surface area contributed by atoms with Crippen LogP contribution in [-0.4, -0.2) is 26.9 Å². The fourth-order valence-corrected chi connectivity index (χ4v) is 3.30. The fraction of sp³-hybridized carbons (Fsp3) is 0.278. The van der Waals surface area contributed by atoms with Gasteiger partial charge in [-0.15, -0.1) is 0 Å². The summed E-state index contributed by atoms with van der Waals surface area (Å²) in [6.45, 7) is 0.674. The maximum absolute atomic E-state index is 12.7. The first-order chi connectivity index (χ1) is 11.7. The number of rotatable bonds is 3. The van der Waals surface area contributed by atoms with Gasteiger partial charge in [0.05, 0.1) is 29.5 Å². The molecular weight excluding hydrogens is 306 g/mol. The number of aromatic nitrogens is 2. The molecule has 2 aromatic heterocycles. The van der Waals surface area contributed by atoms with Gasteiger partial charge in [0.1, 0.15) is 12.3 Å². The monoisotopic (exact) mass is 323 g/mol. The van der Waals surface area contributed by atoms with Crippen molar-refractivity contribution in [2.75, 3.05) is 6.54 Å². The number of hydrogen-bond acceptors (Lipinski definition) is 4. The number of carbonyl (C=O) groups is 1. The maximum atomic E-state index is 12.7. The molecule has 1 atom stereocenters. The van der Waals surface area contributed by atoms with E-state index in [0.717, 1.165) is 18.6 Å². The van der Waals surface area contributed by atoms with E-state index in [0.29, 0.717) is 17.4 Å². The van der Waals surface area contributed by atoms with Crippen LogP contribution in [0.15, 0.2) is 58.2 Å². The van der Waals surface area contributed by atoms with E-state index in [1.807, 2.05) is 18.2 Å². The minimum absolute atomic E-state index is 0.00608. The molecule has 24 heavy (non-hydrogen) atoms. The van der Waals surface area contributed by atoms with Crippen LogP contribution in [0.4, 0.5) is 0 Å². The van der Waals surface area contributed by atoms with Crippen LogP contribution in [0.3, 0.4) is 0 Å². The summed E-state index contributed by atoms with van der Waals surface area (Å²) in [6, 6.07) is 10.8. The Labute approximate surface area is 138 Å². The third-order valence-electron chi connectivity index (χ3n) is 4.48. The molecular formula is C18H17N3O3. The molecule has 3 aromatic rings. The lowest BCUT2D eigenvalue weighted by molar-refractivity contribution is -0.133. The normalized spacial score (nSPS) is 17.5. The molecule has 1 fully saturated rings. The Kier molecular flexibility index (Phi) is 3.65. The van der Waals surface area contributed by atoms with E-state index in [1.165, 1.54) is 10.9 Å². The van der Waals surface area contributed by atoms with Crippen molar-refractivity contribution in [3.05, 3.63) is 65.1 Å². The Bertz CT molecular complexity index is 930. The minimum Gasteiger partial charge on any atom is -0.467 e. The van der Waals surface area contributed by atoms with Crippen molar-refractivity contribution in [1.82, 2.24) is 14.5 Å². The highest BCUT2D eigenvalue weighted by Crippen LogP contribution is 2.32. The standard InChI is InChI=1S/C18H17N3O3/c22-17(21-9-3-7-15(21)16-8-4-10-24-16)11-20-12-19-14-6-2-1-5-13(14)18(20)23/h1-2,4-6,8,10,12,15H,3,7,9,11H2. The molecule has 6 nitrogen and oxygen atoms in total. The van der Waals surface area contributed by atoms with Crippen LogP contribution in [0.25, 0.3) is 10.9 Å². The number of nitrogens with zero attached hydrogens (tertiary/aromatic N) is 3. The number of hydrogen-bond donors (Lipinski definition) is 0. The largest absolute Gasteiger partial charge is 0.467 e. The van der Waals surface area contributed by atoms with Crippen LogP contribution in [0.2, 0.25) is 0 Å². The number of amides is 1. The third kappa shape index (κ3) is 2.50. The van der Waals surface area contributed by atoms with Crippen molar-refractivity contribution >= 4 is 16.8 Å². The number of para-hydroxylation sites is 1. The van der Waals surface area contributed by atoms with E-state index in [9.17, 15) is 9.59 Å². The molecule has 0 N–H and O–H groups in total. The predicted octanol–water partition coefficient (Wildman–Crippen LogP) is 2.35. The molecule has 1 aliphatic rings. The average molecular weight is 323 g/mol. The second kappa shape index (κ2) is 5.96. The summed E-state index contributed by atoms with van der Waals surface area (Å²) >= 11 is 0. The highest BCUT2D eigenvalue weighted by molar-refractivity contribution is 5.79. The zero-order valence-electron chi connectivity index (χ0n) is 13.1. The van der Waals surface area contributed by atoms with Gasteiger partial charge in [0.25, 0.3) is 5.56 Å². The zero-order valence-corrected chi connectivity index (χ0v) is 13.1. The zero-order chi connectivity index (χ0) is 16.5. The van der Waals surface area contributed by atoms with E-state index in [1.54, 1.807) is 29.4 Å². The molecule has 0 spiro atoms. The summed E-state index contributed by atoms with van der Waals surface area (Å²) in [5, 5.41) is 0.525. The summed E-state index contributed by atoms with van der Waals surface area (Å²) in [5.41, 5.74) is 0.448. The van der Waals surface area contributed by atoms with Crippen LogP contribution in [0.1, 0.15) is 24.6 Å². The van der Waals surface area contributed by atoms with Crippen molar-refractivity contribution in [2.24, 2.45) is 0 Å². The Morgan fingerprint density at radius 1 is 1.25 bits per heavy atom. The molecule has 1 aliphatic heterocycles. The van der Waals surface area contributed by atoms with Crippen molar-refractivity contribution in [3.8, 4) is 0 Å². The van der Waals surface area contributed by atoms with E-state index in [-0.39, 0.29) is 24.1 Å². The summed E-state index contributed by atoms with van der Waals surface area (Å²) in [5.74, 6) is 0.706. The highest BCUT2D eigenvalue weighted by atomic mass is 16.3. The Balaban J connectivity index is 1.60. The summed E-state index contributed by atoms with van der Waals surface area (Å²) in [6.07, 6.45) is 4.88. The molecule has 1 amide bonds. The molecule has 0 saturated carbocycles. The third-order valence-corrected chi connectivity index (χ3v) is 4.48. The molecule has 1 saturated heterocycles. The van der Waals surface area contributed by atoms with Gasteiger partial charge in [0.15, 0.2) is 0 Å². The second-order valence-corrected chi connectivity index (χ2v) is 5.96. The Hall–Kier alpha value is -2.89. The number of carbonyl (C=O) groups excluding carboxylic acids is 1. The molecule has 122 valence electrons. The van der Waals surface area contributed by atoms with Gasteiger partial charge >= 0.3 is 0 Å². The van der Waals surface area contributed by atoms with E-state index in [4.69, 9.17) is 4.42 Å². The minimum atomic E-state index is -0.192. The smallest absolute Gasteiger partial charge is 0.261 e. The predicted molar refractivity (Wildman–Crippen MR) is 88.4 cm³/mol. The fourth-order valence-electron chi connectivity index (χ4n) is 3.30. The summed E-state index contributed by atoms with van der Waals surface area (Å²) in [4.78, 5) is 31.3. The van der Waals surface area contributed by atoms with Crippen LogP contribution >= 0.6 is 0 Å². The first kappa shape index (κ1) is 14.7. The van der Waals surface area contributed by atoms with Crippen LogP contribution < -0.4 is 5.56 Å². The van der Waals surface area contributed by atoms with Crippen LogP contribution in [0, 0.1) is 0 Å². The van der Waals surface area contributed by atoms with Gasteiger partial charge < -0.3 is 9.32 Å². The van der Waals surface area contributed by atoms with E-state index >= 15 is 0 Å². The number of furan rings is 1. The van der Waals surface area contributed by atoms with Gasteiger partial charge in [-0.25, -0.2) is 4.98 Å². The Morgan fingerprint density at radius 3 is 2.96 bits per heavy atom. The number of likely N-dealkylation sites (tertiary alicyclic amines) is 1. The Morgan fingerprint density at radius 2 is 2.12 bits per heavy atom. The van der Waals surface area contributed by atoms with E-state index in [2.05, 4.69) is 4.98 Å². The van der Waals surface area contributed by atoms with Crippen LogP contribution in [0.5, 0.6) is 0 Å². The molecule has 1 aromatic carbocycles. The van der Waals surface area contributed by atoms with Crippen molar-refractivity contribution in [1.29, 1.82) is 0 Å². The first-order valence-electron chi connectivity index (χ1n) is 8.01. The van der Waals surface area contributed by atoms with Gasteiger partial charge in [-0.05, 0) is 37.1 Å². The molecule has 3 heterocycles. The lowest BCUT2D eigenvalue weighted by Crippen LogP contribution is -2.36. The summed E-state index contributed by atoms with van der Waals surface area (Å²) in [7, 11) is 0. The van der Waals surface area contributed by atoms with Gasteiger partial charge in [-0.3, -0.25) is 14.2 Å². The number of benzene rings is 1. The van der Waals surface area contributed by atoms with E-state index < -0.39 is 0 Å². The lowest BCUT2D eigenvalue weighted by Gasteiger charge is -2.23. The van der Waals surface area contributed by atoms with Gasteiger partial charge in [0.2, 0.25) is 5.91 Å². The highest BCUT2D eigenvalue weighted by Gasteiger charge is 2.31. The van der Waals surface area contributed by atoms with Crippen molar-refractivity contribution < 1.29 is 9.21 Å². The molecule has 0 aliphatic carbocycles. The SMILES string of the molecule is O=C(Cn1cnc2ccccc2c1=O)N1CCCC1c1ccco1. The number of fused-ring (bicyclic) bond motifs is 1. The van der Waals surface area contributed by atoms with Gasteiger partial charge in [0, 0.05) is 6.54 Å². The summed E-state index contributed by atoms with van der Waals surface area (Å²) < 4.78 is 6.83. The second-order valence-electron chi connectivity index (χ2n) is 5.96. The topological polar surface area (TPSA) is 68.3 Å². The molecule has 4 rings (SSSR count).